The van der Waals surface area contributed by atoms with Gasteiger partial charge in [-0.25, -0.2) is 4.98 Å². The maximum Gasteiger partial charge on any atom is 0.416 e. The Morgan fingerprint density at radius 1 is 1.38 bits per heavy atom. The van der Waals surface area contributed by atoms with Gasteiger partial charge in [0.05, 0.1) is 12.0 Å². The van der Waals surface area contributed by atoms with E-state index in [1.807, 2.05) is 0 Å². The molecule has 1 aromatic heterocycles. The zero-order valence-electron chi connectivity index (χ0n) is 11.3. The van der Waals surface area contributed by atoms with Crippen LogP contribution in [0.4, 0.5) is 13.2 Å². The summed E-state index contributed by atoms with van der Waals surface area (Å²) in [5.74, 6) is 0.292. The molecule has 0 aliphatic heterocycles. The van der Waals surface area contributed by atoms with Gasteiger partial charge in [0.1, 0.15) is 5.82 Å². The first kappa shape index (κ1) is 15.1. The molecule has 0 saturated carbocycles. The highest BCUT2D eigenvalue weighted by Crippen LogP contribution is 2.30. The third-order valence-electron chi connectivity index (χ3n) is 3.03. The fourth-order valence-electron chi connectivity index (χ4n) is 1.87. The predicted molar refractivity (Wildman–Crippen MR) is 70.3 cm³/mol. The van der Waals surface area contributed by atoms with Gasteiger partial charge in [0.2, 0.25) is 5.91 Å². The molecule has 0 atom stereocenters. The zero-order chi connectivity index (χ0) is 15.5. The molecule has 21 heavy (non-hydrogen) atoms. The number of aromatic amines is 1. The number of hydrogen-bond acceptors (Lipinski definition) is 2. The quantitative estimate of drug-likeness (QED) is 0.911. The van der Waals surface area contributed by atoms with Crippen LogP contribution in [0.5, 0.6) is 0 Å². The molecule has 0 unspecified atom stereocenters. The van der Waals surface area contributed by atoms with Crippen LogP contribution in [-0.4, -0.2) is 15.9 Å². The lowest BCUT2D eigenvalue weighted by Gasteiger charge is -2.11. The van der Waals surface area contributed by atoms with Crippen molar-refractivity contribution < 1.29 is 18.0 Å². The minimum absolute atomic E-state index is 0.104. The Bertz CT molecular complexity index is 621. The minimum Gasteiger partial charge on any atom is -0.352 e. The van der Waals surface area contributed by atoms with E-state index in [0.29, 0.717) is 17.0 Å². The molecule has 112 valence electrons. The smallest absolute Gasteiger partial charge is 0.352 e. The van der Waals surface area contributed by atoms with Crippen LogP contribution in [0.1, 0.15) is 22.5 Å². The van der Waals surface area contributed by atoms with Crippen LogP contribution < -0.4 is 5.32 Å². The van der Waals surface area contributed by atoms with Crippen LogP contribution in [0.3, 0.4) is 0 Å². The number of carbonyl (C=O) groups is 1. The number of aromatic nitrogens is 2. The van der Waals surface area contributed by atoms with Crippen molar-refractivity contribution in [1.82, 2.24) is 15.3 Å². The first-order chi connectivity index (χ1) is 9.86. The van der Waals surface area contributed by atoms with E-state index in [0.717, 1.165) is 12.1 Å². The standard InChI is InChI=1S/C14H14F3N3O/c1-9-6-11(14(15,16)17)3-2-10(9)8-20-13(21)7-12-18-4-5-19-12/h2-6H,7-8H2,1H3,(H,18,19)(H,20,21). The maximum atomic E-state index is 12.5. The number of carbonyl (C=O) groups excluding carboxylic acids is 1. The summed E-state index contributed by atoms with van der Waals surface area (Å²) in [7, 11) is 0. The number of nitrogens with one attached hydrogen (secondary N) is 2. The Morgan fingerprint density at radius 2 is 2.14 bits per heavy atom. The number of halogens is 3. The zero-order valence-corrected chi connectivity index (χ0v) is 11.3. The Morgan fingerprint density at radius 3 is 2.71 bits per heavy atom. The first-order valence-electron chi connectivity index (χ1n) is 6.28. The average Bonchev–Trinajstić information content (AvgIpc) is 2.89. The molecule has 1 amide bonds. The van der Waals surface area contributed by atoms with Crippen molar-refractivity contribution in [2.45, 2.75) is 26.1 Å². The summed E-state index contributed by atoms with van der Waals surface area (Å²) in [6, 6.07) is 3.47. The van der Waals surface area contributed by atoms with Crippen molar-refractivity contribution in [1.29, 1.82) is 0 Å². The molecule has 1 heterocycles. The third kappa shape index (κ3) is 4.08. The highest BCUT2D eigenvalue weighted by atomic mass is 19.4. The van der Waals surface area contributed by atoms with Gasteiger partial charge in [0.15, 0.2) is 0 Å². The number of hydrogen-bond donors (Lipinski definition) is 2. The van der Waals surface area contributed by atoms with Crippen LogP contribution in [0.2, 0.25) is 0 Å². The van der Waals surface area contributed by atoms with Gasteiger partial charge in [-0.1, -0.05) is 6.07 Å². The second-order valence-electron chi connectivity index (χ2n) is 4.63. The topological polar surface area (TPSA) is 57.8 Å². The van der Waals surface area contributed by atoms with Crippen LogP contribution in [0, 0.1) is 6.92 Å². The molecule has 7 heteroatoms. The molecule has 0 spiro atoms. The second-order valence-corrected chi connectivity index (χ2v) is 4.63. The highest BCUT2D eigenvalue weighted by Gasteiger charge is 2.30. The number of benzene rings is 1. The van der Waals surface area contributed by atoms with Crippen molar-refractivity contribution >= 4 is 5.91 Å². The van der Waals surface area contributed by atoms with E-state index in [-0.39, 0.29) is 18.9 Å². The van der Waals surface area contributed by atoms with Gasteiger partial charge in [-0.2, -0.15) is 13.2 Å². The molecule has 0 radical (unpaired) electrons. The van der Waals surface area contributed by atoms with E-state index in [9.17, 15) is 18.0 Å². The van der Waals surface area contributed by atoms with E-state index in [2.05, 4.69) is 15.3 Å². The molecule has 0 bridgehead atoms. The lowest BCUT2D eigenvalue weighted by Crippen LogP contribution is -2.25. The monoisotopic (exact) mass is 297 g/mol. The van der Waals surface area contributed by atoms with Crippen LogP contribution in [-0.2, 0) is 23.9 Å². The Hall–Kier alpha value is -2.31. The predicted octanol–water partition coefficient (Wildman–Crippen LogP) is 2.60. The molecule has 0 saturated heterocycles. The summed E-state index contributed by atoms with van der Waals surface area (Å²) in [5.41, 5.74) is 0.449. The molecule has 4 nitrogen and oxygen atoms in total. The number of nitrogens with zero attached hydrogens (tertiary/aromatic N) is 1. The van der Waals surface area contributed by atoms with Crippen molar-refractivity contribution in [3.05, 3.63) is 53.1 Å². The van der Waals surface area contributed by atoms with E-state index >= 15 is 0 Å². The molecule has 2 aromatic rings. The van der Waals surface area contributed by atoms with Gasteiger partial charge < -0.3 is 10.3 Å². The molecular formula is C14H14F3N3O. The SMILES string of the molecule is Cc1cc(C(F)(F)F)ccc1CNC(=O)Cc1ncc[nH]1. The number of H-pyrrole nitrogens is 1. The highest BCUT2D eigenvalue weighted by molar-refractivity contribution is 5.77. The van der Waals surface area contributed by atoms with Gasteiger partial charge in [0.25, 0.3) is 0 Å². The van der Waals surface area contributed by atoms with Crippen molar-refractivity contribution in [2.75, 3.05) is 0 Å². The fraction of sp³-hybridized carbons (Fsp3) is 0.286. The minimum atomic E-state index is -4.36. The molecular weight excluding hydrogens is 283 g/mol. The lowest BCUT2D eigenvalue weighted by atomic mass is 10.0. The average molecular weight is 297 g/mol. The number of imidazole rings is 1. The van der Waals surface area contributed by atoms with Crippen LogP contribution in [0.25, 0.3) is 0 Å². The van der Waals surface area contributed by atoms with E-state index in [1.165, 1.54) is 6.07 Å². The Labute approximate surface area is 119 Å². The fourth-order valence-corrected chi connectivity index (χ4v) is 1.87. The number of aryl methyl sites for hydroxylation is 1. The molecule has 0 aliphatic carbocycles. The molecule has 0 aliphatic rings. The van der Waals surface area contributed by atoms with Gasteiger partial charge in [0, 0.05) is 18.9 Å². The molecule has 0 fully saturated rings. The van der Waals surface area contributed by atoms with E-state index in [4.69, 9.17) is 0 Å². The van der Waals surface area contributed by atoms with E-state index < -0.39 is 11.7 Å². The Balaban J connectivity index is 1.96. The molecule has 2 N–H and O–H groups in total. The van der Waals surface area contributed by atoms with Gasteiger partial charge in [-0.3, -0.25) is 4.79 Å². The van der Waals surface area contributed by atoms with Crippen LogP contribution in [0.15, 0.2) is 30.6 Å². The summed E-state index contributed by atoms with van der Waals surface area (Å²) in [4.78, 5) is 18.4. The largest absolute Gasteiger partial charge is 0.416 e. The summed E-state index contributed by atoms with van der Waals surface area (Å²) in [6.45, 7) is 1.77. The summed E-state index contributed by atoms with van der Waals surface area (Å²) < 4.78 is 37.6. The maximum absolute atomic E-state index is 12.5. The van der Waals surface area contributed by atoms with Crippen molar-refractivity contribution in [2.24, 2.45) is 0 Å². The van der Waals surface area contributed by atoms with Crippen molar-refractivity contribution in [3.8, 4) is 0 Å². The van der Waals surface area contributed by atoms with Gasteiger partial charge in [-0.05, 0) is 30.2 Å². The summed E-state index contributed by atoms with van der Waals surface area (Å²) in [6.07, 6.45) is -1.09. The molecule has 2 rings (SSSR count). The van der Waals surface area contributed by atoms with Crippen LogP contribution >= 0.6 is 0 Å². The third-order valence-corrected chi connectivity index (χ3v) is 3.03. The van der Waals surface area contributed by atoms with E-state index in [1.54, 1.807) is 19.3 Å². The number of alkyl halides is 3. The second kappa shape index (κ2) is 5.99. The molecule has 1 aromatic carbocycles. The Kier molecular flexibility index (Phi) is 4.30. The van der Waals surface area contributed by atoms with Gasteiger partial charge >= 0.3 is 6.18 Å². The lowest BCUT2D eigenvalue weighted by molar-refractivity contribution is -0.137. The van der Waals surface area contributed by atoms with Gasteiger partial charge in [-0.15, -0.1) is 0 Å². The number of rotatable bonds is 4. The number of amides is 1. The first-order valence-corrected chi connectivity index (χ1v) is 6.28. The summed E-state index contributed by atoms with van der Waals surface area (Å²) in [5, 5.41) is 2.66. The van der Waals surface area contributed by atoms with Crippen molar-refractivity contribution in [3.63, 3.8) is 0 Å². The normalized spacial score (nSPS) is 11.4. The summed E-state index contributed by atoms with van der Waals surface area (Å²) >= 11 is 0.